The van der Waals surface area contributed by atoms with E-state index in [1.54, 1.807) is 6.08 Å². The first kappa shape index (κ1) is 18.2. The average molecular weight is 329 g/mol. The normalized spacial score (nSPS) is 18.5. The molecule has 1 saturated heterocycles. The predicted octanol–water partition coefficient (Wildman–Crippen LogP) is 1.66. The van der Waals surface area contributed by atoms with Gasteiger partial charge in [0.1, 0.15) is 0 Å². The molecule has 5 nitrogen and oxygen atoms in total. The van der Waals surface area contributed by atoms with Crippen molar-refractivity contribution in [3.63, 3.8) is 0 Å². The van der Waals surface area contributed by atoms with Gasteiger partial charge >= 0.3 is 0 Å². The third kappa shape index (κ3) is 6.54. The van der Waals surface area contributed by atoms with Crippen molar-refractivity contribution < 1.29 is 9.59 Å². The second-order valence-corrected chi connectivity index (χ2v) is 6.17. The molecule has 2 rings (SSSR count). The van der Waals surface area contributed by atoms with Crippen molar-refractivity contribution >= 4 is 17.9 Å². The van der Waals surface area contributed by atoms with E-state index >= 15 is 0 Å². The Hall–Kier alpha value is -2.14. The van der Waals surface area contributed by atoms with Crippen LogP contribution in [0.5, 0.6) is 0 Å². The number of piperidine rings is 1. The highest BCUT2D eigenvalue weighted by Gasteiger charge is 2.19. The highest BCUT2D eigenvalue weighted by molar-refractivity contribution is 5.94. The SMILES string of the molecule is CCN1CCCC(CNC(=O)CNC(=O)C=Cc2ccccc2)C1. The first-order chi connectivity index (χ1) is 11.7. The Morgan fingerprint density at radius 1 is 1.25 bits per heavy atom. The number of carbonyl (C=O) groups excluding carboxylic acids is 2. The molecule has 1 aromatic rings. The molecule has 1 aromatic carbocycles. The fraction of sp³-hybridized carbons (Fsp3) is 0.474. The Kier molecular flexibility index (Phi) is 7.49. The van der Waals surface area contributed by atoms with Crippen molar-refractivity contribution in [1.82, 2.24) is 15.5 Å². The van der Waals surface area contributed by atoms with Crippen LogP contribution < -0.4 is 10.6 Å². The fourth-order valence-corrected chi connectivity index (χ4v) is 2.89. The maximum atomic E-state index is 11.9. The van der Waals surface area contributed by atoms with E-state index in [1.807, 2.05) is 30.3 Å². The molecule has 2 N–H and O–H groups in total. The summed E-state index contributed by atoms with van der Waals surface area (Å²) >= 11 is 0. The summed E-state index contributed by atoms with van der Waals surface area (Å²) in [7, 11) is 0. The first-order valence-electron chi connectivity index (χ1n) is 8.67. The molecule has 24 heavy (non-hydrogen) atoms. The Morgan fingerprint density at radius 3 is 2.79 bits per heavy atom. The summed E-state index contributed by atoms with van der Waals surface area (Å²) in [6, 6.07) is 9.58. The number of likely N-dealkylation sites (tertiary alicyclic amines) is 1. The number of amides is 2. The maximum Gasteiger partial charge on any atom is 0.244 e. The number of rotatable bonds is 7. The molecule has 1 fully saturated rings. The van der Waals surface area contributed by atoms with Crippen LogP contribution in [0.4, 0.5) is 0 Å². The van der Waals surface area contributed by atoms with Crippen molar-refractivity contribution in [2.45, 2.75) is 19.8 Å². The largest absolute Gasteiger partial charge is 0.354 e. The van der Waals surface area contributed by atoms with Crippen molar-refractivity contribution in [3.05, 3.63) is 42.0 Å². The quantitative estimate of drug-likeness (QED) is 0.748. The number of nitrogens with zero attached hydrogens (tertiary/aromatic N) is 1. The minimum absolute atomic E-state index is 0.0160. The first-order valence-corrected chi connectivity index (χ1v) is 8.67. The lowest BCUT2D eigenvalue weighted by Crippen LogP contribution is -2.43. The van der Waals surface area contributed by atoms with Gasteiger partial charge in [-0.2, -0.15) is 0 Å². The van der Waals surface area contributed by atoms with Crippen LogP contribution in [0.25, 0.3) is 6.08 Å². The highest BCUT2D eigenvalue weighted by atomic mass is 16.2. The Morgan fingerprint density at radius 2 is 2.04 bits per heavy atom. The Balaban J connectivity index is 1.64. The van der Waals surface area contributed by atoms with E-state index in [0.717, 1.165) is 31.6 Å². The maximum absolute atomic E-state index is 11.9. The summed E-state index contributed by atoms with van der Waals surface area (Å²) in [4.78, 5) is 26.0. The third-order valence-electron chi connectivity index (χ3n) is 4.29. The Bertz CT molecular complexity index is 557. The van der Waals surface area contributed by atoms with Crippen LogP contribution in [-0.4, -0.2) is 49.4 Å². The lowest BCUT2D eigenvalue weighted by molar-refractivity contribution is -0.124. The molecule has 1 aliphatic heterocycles. The smallest absolute Gasteiger partial charge is 0.244 e. The topological polar surface area (TPSA) is 61.4 Å². The lowest BCUT2D eigenvalue weighted by atomic mass is 9.98. The van der Waals surface area contributed by atoms with Gasteiger partial charge in [-0.3, -0.25) is 9.59 Å². The molecule has 0 bridgehead atoms. The van der Waals surface area contributed by atoms with Crippen molar-refractivity contribution in [3.8, 4) is 0 Å². The van der Waals surface area contributed by atoms with E-state index in [2.05, 4.69) is 22.5 Å². The monoisotopic (exact) mass is 329 g/mol. The number of hydrogen-bond donors (Lipinski definition) is 2. The van der Waals surface area contributed by atoms with Gasteiger partial charge in [0.25, 0.3) is 0 Å². The van der Waals surface area contributed by atoms with Gasteiger partial charge in [-0.1, -0.05) is 37.3 Å². The van der Waals surface area contributed by atoms with E-state index in [-0.39, 0.29) is 18.4 Å². The zero-order valence-corrected chi connectivity index (χ0v) is 14.3. The van der Waals surface area contributed by atoms with Gasteiger partial charge in [0, 0.05) is 19.2 Å². The van der Waals surface area contributed by atoms with Crippen LogP contribution in [0, 0.1) is 5.92 Å². The van der Waals surface area contributed by atoms with Crippen LogP contribution in [-0.2, 0) is 9.59 Å². The van der Waals surface area contributed by atoms with Gasteiger partial charge in [0.05, 0.1) is 6.54 Å². The van der Waals surface area contributed by atoms with Gasteiger partial charge < -0.3 is 15.5 Å². The summed E-state index contributed by atoms with van der Waals surface area (Å²) in [5.41, 5.74) is 0.954. The zero-order valence-electron chi connectivity index (χ0n) is 14.3. The van der Waals surface area contributed by atoms with Gasteiger partial charge in [-0.15, -0.1) is 0 Å². The van der Waals surface area contributed by atoms with Crippen LogP contribution >= 0.6 is 0 Å². The molecular formula is C19H27N3O2. The van der Waals surface area contributed by atoms with Crippen LogP contribution in [0.1, 0.15) is 25.3 Å². The van der Waals surface area contributed by atoms with E-state index in [9.17, 15) is 9.59 Å². The molecule has 1 unspecified atom stereocenters. The summed E-state index contributed by atoms with van der Waals surface area (Å²) in [6.45, 7) is 6.13. The molecule has 1 heterocycles. The van der Waals surface area contributed by atoms with Crippen LogP contribution in [0.3, 0.4) is 0 Å². The lowest BCUT2D eigenvalue weighted by Gasteiger charge is -2.31. The molecule has 0 spiro atoms. The van der Waals surface area contributed by atoms with E-state index < -0.39 is 0 Å². The van der Waals surface area contributed by atoms with Gasteiger partial charge in [0.15, 0.2) is 0 Å². The molecule has 1 aliphatic rings. The minimum atomic E-state index is -0.260. The third-order valence-corrected chi connectivity index (χ3v) is 4.29. The number of benzene rings is 1. The van der Waals surface area contributed by atoms with Crippen LogP contribution in [0.15, 0.2) is 36.4 Å². The summed E-state index contributed by atoms with van der Waals surface area (Å²) in [6.07, 6.45) is 5.52. The van der Waals surface area contributed by atoms with E-state index in [4.69, 9.17) is 0 Å². The van der Waals surface area contributed by atoms with Crippen molar-refractivity contribution in [1.29, 1.82) is 0 Å². The second-order valence-electron chi connectivity index (χ2n) is 6.17. The molecular weight excluding hydrogens is 302 g/mol. The minimum Gasteiger partial charge on any atom is -0.354 e. The molecule has 2 amide bonds. The van der Waals surface area contributed by atoms with E-state index in [1.165, 1.54) is 12.5 Å². The highest BCUT2D eigenvalue weighted by Crippen LogP contribution is 2.14. The second kappa shape index (κ2) is 9.88. The average Bonchev–Trinajstić information content (AvgIpc) is 2.64. The summed E-state index contributed by atoms with van der Waals surface area (Å²) in [5.74, 6) is 0.116. The molecule has 1 atom stereocenters. The molecule has 0 aromatic heterocycles. The zero-order chi connectivity index (χ0) is 17.2. The van der Waals surface area contributed by atoms with Gasteiger partial charge in [0.2, 0.25) is 11.8 Å². The van der Waals surface area contributed by atoms with Crippen molar-refractivity contribution in [2.75, 3.05) is 32.7 Å². The standard InChI is InChI=1S/C19H27N3O2/c1-2-22-12-6-9-17(15-22)13-20-19(24)14-21-18(23)11-10-16-7-4-3-5-8-16/h3-5,7-8,10-11,17H,2,6,9,12-15H2,1H3,(H,20,24)(H,21,23). The molecule has 130 valence electrons. The fourth-order valence-electron chi connectivity index (χ4n) is 2.89. The van der Waals surface area contributed by atoms with E-state index in [0.29, 0.717) is 12.5 Å². The van der Waals surface area contributed by atoms with Gasteiger partial charge in [-0.25, -0.2) is 0 Å². The molecule has 0 aliphatic carbocycles. The number of nitrogens with one attached hydrogen (secondary N) is 2. The predicted molar refractivity (Wildman–Crippen MR) is 96.3 cm³/mol. The van der Waals surface area contributed by atoms with Crippen molar-refractivity contribution in [2.24, 2.45) is 5.92 Å². The molecule has 0 saturated carbocycles. The number of hydrogen-bond acceptors (Lipinski definition) is 3. The Labute approximate surface area is 144 Å². The van der Waals surface area contributed by atoms with Gasteiger partial charge in [-0.05, 0) is 43.5 Å². The molecule has 5 heteroatoms. The summed E-state index contributed by atoms with van der Waals surface area (Å²) < 4.78 is 0. The van der Waals surface area contributed by atoms with Crippen LogP contribution in [0.2, 0.25) is 0 Å². The number of carbonyl (C=O) groups is 2. The molecule has 0 radical (unpaired) electrons. The summed E-state index contributed by atoms with van der Waals surface area (Å²) in [5, 5.41) is 5.53.